The van der Waals surface area contributed by atoms with E-state index in [2.05, 4.69) is 12.2 Å². The van der Waals surface area contributed by atoms with E-state index in [1.165, 1.54) is 0 Å². The van der Waals surface area contributed by atoms with Crippen LogP contribution in [0.3, 0.4) is 0 Å². The van der Waals surface area contributed by atoms with Crippen LogP contribution in [0.2, 0.25) is 0 Å². The molecule has 15 heavy (non-hydrogen) atoms. The largest absolute Gasteiger partial charge is 0.356 e. The highest BCUT2D eigenvalue weighted by Crippen LogP contribution is 1.92. The highest BCUT2D eigenvalue weighted by Gasteiger charge is 2.09. The topological polar surface area (TPSA) is 33.0 Å². The van der Waals surface area contributed by atoms with Crippen molar-refractivity contribution >= 4 is 5.91 Å². The molecule has 0 fully saturated rings. The van der Waals surface area contributed by atoms with Crippen molar-refractivity contribution in [1.82, 2.24) is 5.32 Å². The van der Waals surface area contributed by atoms with Gasteiger partial charge in [0.25, 0.3) is 0 Å². The highest BCUT2D eigenvalue weighted by molar-refractivity contribution is 5.77. The molecule has 0 aliphatic carbocycles. The summed E-state index contributed by atoms with van der Waals surface area (Å²) in [5.74, 6) is 0.102. The van der Waals surface area contributed by atoms with E-state index in [1.807, 2.05) is 36.0 Å². The lowest BCUT2D eigenvalue weighted by atomic mass is 10.2. The smallest absolute Gasteiger partial charge is 0.230 e. The molecule has 1 N–H and O–H groups in total. The number of carbonyl (C=O) groups is 1. The zero-order valence-electron chi connectivity index (χ0n) is 9.49. The van der Waals surface area contributed by atoms with E-state index in [9.17, 15) is 4.79 Å². The van der Waals surface area contributed by atoms with Crippen LogP contribution in [-0.4, -0.2) is 12.5 Å². The van der Waals surface area contributed by atoms with E-state index in [0.717, 1.165) is 25.1 Å². The van der Waals surface area contributed by atoms with E-state index in [1.54, 1.807) is 0 Å². The summed E-state index contributed by atoms with van der Waals surface area (Å²) in [6.07, 6.45) is 4.57. The molecule has 0 saturated heterocycles. The fourth-order valence-electron chi connectivity index (χ4n) is 1.37. The Labute approximate surface area is 91.1 Å². The molecule has 0 spiro atoms. The molecule has 0 radical (unpaired) electrons. The minimum atomic E-state index is 0.102. The summed E-state index contributed by atoms with van der Waals surface area (Å²) < 4.78 is 1.97. The maximum atomic E-state index is 11.5. The Bertz CT molecular complexity index is 323. The Morgan fingerprint density at radius 2 is 2.27 bits per heavy atom. The van der Waals surface area contributed by atoms with Gasteiger partial charge >= 0.3 is 0 Å². The zero-order chi connectivity index (χ0) is 11.1. The number of nitrogens with zero attached hydrogens (tertiary/aromatic N) is 1. The average Bonchev–Trinajstić information content (AvgIpc) is 2.22. The van der Waals surface area contributed by atoms with Crippen LogP contribution >= 0.6 is 0 Å². The lowest BCUT2D eigenvalue weighted by Gasteiger charge is -2.02. The SMILES string of the molecule is CCCCNC(=O)Cc1cccc[n+]1C. The Morgan fingerprint density at radius 3 is 2.93 bits per heavy atom. The van der Waals surface area contributed by atoms with Gasteiger partial charge in [0.05, 0.1) is 0 Å². The molecule has 0 aliphatic heterocycles. The van der Waals surface area contributed by atoms with Gasteiger partial charge in [-0.3, -0.25) is 4.79 Å². The number of rotatable bonds is 5. The summed E-state index contributed by atoms with van der Waals surface area (Å²) in [4.78, 5) is 11.5. The quantitative estimate of drug-likeness (QED) is 0.566. The van der Waals surface area contributed by atoms with Crippen molar-refractivity contribution in [3.8, 4) is 0 Å². The van der Waals surface area contributed by atoms with Gasteiger partial charge < -0.3 is 5.32 Å². The Hall–Kier alpha value is -1.38. The zero-order valence-corrected chi connectivity index (χ0v) is 9.49. The summed E-state index contributed by atoms with van der Waals surface area (Å²) in [5, 5.41) is 2.91. The van der Waals surface area contributed by atoms with Crippen LogP contribution < -0.4 is 9.88 Å². The minimum Gasteiger partial charge on any atom is -0.356 e. The van der Waals surface area contributed by atoms with Gasteiger partial charge in [-0.1, -0.05) is 19.4 Å². The van der Waals surface area contributed by atoms with Gasteiger partial charge in [-0.2, -0.15) is 0 Å². The van der Waals surface area contributed by atoms with Gasteiger partial charge in [0.15, 0.2) is 11.9 Å². The molecule has 1 heterocycles. The van der Waals surface area contributed by atoms with Crippen molar-refractivity contribution in [2.45, 2.75) is 26.2 Å². The number of amides is 1. The van der Waals surface area contributed by atoms with Gasteiger partial charge in [0, 0.05) is 18.7 Å². The van der Waals surface area contributed by atoms with Crippen LogP contribution in [-0.2, 0) is 18.3 Å². The summed E-state index contributed by atoms with van der Waals surface area (Å²) in [7, 11) is 1.95. The predicted molar refractivity (Wildman–Crippen MR) is 59.2 cm³/mol. The molecule has 0 saturated carbocycles. The predicted octanol–water partition coefficient (Wildman–Crippen LogP) is 0.970. The first-order valence-electron chi connectivity index (χ1n) is 5.44. The first kappa shape index (κ1) is 11.7. The molecule has 0 unspecified atom stereocenters. The van der Waals surface area contributed by atoms with Crippen LogP contribution in [0, 0.1) is 0 Å². The molecule has 1 rings (SSSR count). The molecule has 1 aromatic heterocycles. The molecule has 1 aromatic rings. The lowest BCUT2D eigenvalue weighted by Crippen LogP contribution is -2.36. The second kappa shape index (κ2) is 6.17. The van der Waals surface area contributed by atoms with Crippen molar-refractivity contribution < 1.29 is 9.36 Å². The van der Waals surface area contributed by atoms with E-state index >= 15 is 0 Å². The van der Waals surface area contributed by atoms with E-state index < -0.39 is 0 Å². The monoisotopic (exact) mass is 207 g/mol. The van der Waals surface area contributed by atoms with Crippen LogP contribution in [0.5, 0.6) is 0 Å². The summed E-state index contributed by atoms with van der Waals surface area (Å²) in [5.41, 5.74) is 1.03. The second-order valence-corrected chi connectivity index (χ2v) is 3.68. The van der Waals surface area contributed by atoms with Gasteiger partial charge in [0.2, 0.25) is 5.91 Å². The van der Waals surface area contributed by atoms with Crippen LogP contribution in [0.1, 0.15) is 25.5 Å². The molecular formula is C12H19N2O+. The van der Waals surface area contributed by atoms with Crippen LogP contribution in [0.4, 0.5) is 0 Å². The Morgan fingerprint density at radius 1 is 1.47 bits per heavy atom. The first-order valence-corrected chi connectivity index (χ1v) is 5.44. The first-order chi connectivity index (χ1) is 7.24. The van der Waals surface area contributed by atoms with E-state index in [0.29, 0.717) is 6.42 Å². The van der Waals surface area contributed by atoms with Gasteiger partial charge in [-0.15, -0.1) is 0 Å². The molecule has 0 atom stereocenters. The summed E-state index contributed by atoms with van der Waals surface area (Å²) in [6, 6.07) is 5.88. The molecule has 3 heteroatoms. The van der Waals surface area contributed by atoms with Gasteiger partial charge in [-0.25, -0.2) is 4.57 Å². The molecule has 82 valence electrons. The van der Waals surface area contributed by atoms with Gasteiger partial charge in [-0.05, 0) is 6.42 Å². The van der Waals surface area contributed by atoms with Crippen LogP contribution in [0.15, 0.2) is 24.4 Å². The third-order valence-electron chi connectivity index (χ3n) is 2.36. The number of nitrogens with one attached hydrogen (secondary N) is 1. The molecule has 3 nitrogen and oxygen atoms in total. The van der Waals surface area contributed by atoms with E-state index in [-0.39, 0.29) is 5.91 Å². The fourth-order valence-corrected chi connectivity index (χ4v) is 1.37. The standard InChI is InChI=1S/C12H18N2O/c1-3-4-8-13-12(15)10-11-7-5-6-9-14(11)2/h5-7,9H,3-4,8,10H2,1-2H3/p+1. The number of hydrogen-bond donors (Lipinski definition) is 1. The highest BCUT2D eigenvalue weighted by atomic mass is 16.1. The van der Waals surface area contributed by atoms with E-state index in [4.69, 9.17) is 0 Å². The molecular weight excluding hydrogens is 188 g/mol. The normalized spacial score (nSPS) is 10.0. The summed E-state index contributed by atoms with van der Waals surface area (Å²) >= 11 is 0. The minimum absolute atomic E-state index is 0.102. The van der Waals surface area contributed by atoms with Crippen molar-refractivity contribution in [3.63, 3.8) is 0 Å². The van der Waals surface area contributed by atoms with Crippen molar-refractivity contribution in [2.75, 3.05) is 6.54 Å². The number of pyridine rings is 1. The molecule has 0 aromatic carbocycles. The number of hydrogen-bond acceptors (Lipinski definition) is 1. The number of aryl methyl sites for hydroxylation is 1. The number of unbranched alkanes of at least 4 members (excludes halogenated alkanes) is 1. The Kier molecular flexibility index (Phi) is 4.81. The maximum Gasteiger partial charge on any atom is 0.230 e. The van der Waals surface area contributed by atoms with Gasteiger partial charge in [0.1, 0.15) is 13.5 Å². The third kappa shape index (κ3) is 4.11. The van der Waals surface area contributed by atoms with Crippen molar-refractivity contribution in [2.24, 2.45) is 7.05 Å². The molecule has 0 aliphatic rings. The third-order valence-corrected chi connectivity index (χ3v) is 2.36. The fraction of sp³-hybridized carbons (Fsp3) is 0.500. The van der Waals surface area contributed by atoms with Crippen molar-refractivity contribution in [3.05, 3.63) is 30.1 Å². The second-order valence-electron chi connectivity index (χ2n) is 3.68. The summed E-state index contributed by atoms with van der Waals surface area (Å²) in [6.45, 7) is 2.90. The number of aromatic nitrogens is 1. The maximum absolute atomic E-state index is 11.5. The van der Waals surface area contributed by atoms with Crippen molar-refractivity contribution in [1.29, 1.82) is 0 Å². The lowest BCUT2D eigenvalue weighted by molar-refractivity contribution is -0.678. The number of carbonyl (C=O) groups excluding carboxylic acids is 1. The average molecular weight is 207 g/mol. The van der Waals surface area contributed by atoms with Crippen LogP contribution in [0.25, 0.3) is 0 Å². The molecule has 0 bridgehead atoms. The molecule has 1 amide bonds. The Balaban J connectivity index is 2.41.